The molecule has 1 aliphatic rings. The minimum Gasteiger partial charge on any atom is -0.396 e. The summed E-state index contributed by atoms with van der Waals surface area (Å²) in [7, 11) is 2.11. The third-order valence-corrected chi connectivity index (χ3v) is 3.80. The third kappa shape index (κ3) is 3.07. The van der Waals surface area contributed by atoms with Crippen LogP contribution >= 0.6 is 0 Å². The van der Waals surface area contributed by atoms with E-state index in [2.05, 4.69) is 22.4 Å². The van der Waals surface area contributed by atoms with Crippen LogP contribution in [-0.4, -0.2) is 46.8 Å². The quantitative estimate of drug-likeness (QED) is 0.840. The zero-order valence-corrected chi connectivity index (χ0v) is 11.7. The Morgan fingerprint density at radius 3 is 3.05 bits per heavy atom. The standard InChI is InChI=1S/C13H23N5O/c1-3-18-12(11(14)9-16-18)13(19)15-8-10-6-4-5-7-17(10)2/h9-10H,3-8,14H2,1-2H3,(H,15,19). The first kappa shape index (κ1) is 13.9. The Bertz CT molecular complexity index is 442. The van der Waals surface area contributed by atoms with Gasteiger partial charge in [-0.2, -0.15) is 5.10 Å². The fourth-order valence-corrected chi connectivity index (χ4v) is 2.58. The van der Waals surface area contributed by atoms with E-state index in [0.29, 0.717) is 30.5 Å². The molecule has 1 unspecified atom stereocenters. The van der Waals surface area contributed by atoms with E-state index < -0.39 is 0 Å². The summed E-state index contributed by atoms with van der Waals surface area (Å²) in [5, 5.41) is 7.06. The number of hydrogen-bond donors (Lipinski definition) is 2. The molecule has 1 atom stereocenters. The highest BCUT2D eigenvalue weighted by Crippen LogP contribution is 2.15. The van der Waals surface area contributed by atoms with Crippen molar-refractivity contribution in [1.29, 1.82) is 0 Å². The van der Waals surface area contributed by atoms with Crippen LogP contribution in [0.5, 0.6) is 0 Å². The summed E-state index contributed by atoms with van der Waals surface area (Å²) >= 11 is 0. The van der Waals surface area contributed by atoms with Gasteiger partial charge in [0.25, 0.3) is 5.91 Å². The fraction of sp³-hybridized carbons (Fsp3) is 0.692. The van der Waals surface area contributed by atoms with E-state index in [1.54, 1.807) is 4.68 Å². The molecule has 1 saturated heterocycles. The molecule has 0 aromatic carbocycles. The highest BCUT2D eigenvalue weighted by Gasteiger charge is 2.21. The molecule has 3 N–H and O–H groups in total. The molecule has 106 valence electrons. The minimum absolute atomic E-state index is 0.129. The van der Waals surface area contributed by atoms with Crippen molar-refractivity contribution < 1.29 is 4.79 Å². The summed E-state index contributed by atoms with van der Waals surface area (Å²) in [6, 6.07) is 0.428. The first-order valence-corrected chi connectivity index (χ1v) is 6.93. The molecule has 0 spiro atoms. The number of carbonyl (C=O) groups is 1. The molecule has 1 fully saturated rings. The molecular formula is C13H23N5O. The summed E-state index contributed by atoms with van der Waals surface area (Å²) in [5.74, 6) is -0.129. The number of amides is 1. The van der Waals surface area contributed by atoms with Gasteiger partial charge in [0.05, 0.1) is 11.9 Å². The van der Waals surface area contributed by atoms with Crippen LogP contribution in [0.3, 0.4) is 0 Å². The number of rotatable bonds is 4. The lowest BCUT2D eigenvalue weighted by atomic mass is 10.0. The molecule has 19 heavy (non-hydrogen) atoms. The van der Waals surface area contributed by atoms with Crippen LogP contribution in [0.4, 0.5) is 5.69 Å². The average Bonchev–Trinajstić information content (AvgIpc) is 2.78. The molecule has 2 rings (SSSR count). The van der Waals surface area contributed by atoms with Crippen LogP contribution in [0, 0.1) is 0 Å². The molecule has 0 saturated carbocycles. The number of likely N-dealkylation sites (N-methyl/N-ethyl adjacent to an activating group) is 1. The molecular weight excluding hydrogens is 242 g/mol. The van der Waals surface area contributed by atoms with E-state index in [4.69, 9.17) is 5.73 Å². The van der Waals surface area contributed by atoms with Gasteiger partial charge in [-0.05, 0) is 33.4 Å². The molecule has 6 nitrogen and oxygen atoms in total. The predicted octanol–water partition coefficient (Wildman–Crippen LogP) is 0.699. The molecule has 1 aliphatic heterocycles. The Labute approximate surface area is 113 Å². The van der Waals surface area contributed by atoms with Crippen molar-refractivity contribution in [3.8, 4) is 0 Å². The molecule has 1 aromatic heterocycles. The summed E-state index contributed by atoms with van der Waals surface area (Å²) in [4.78, 5) is 14.5. The maximum atomic E-state index is 12.2. The molecule has 1 amide bonds. The maximum Gasteiger partial charge on any atom is 0.271 e. The van der Waals surface area contributed by atoms with Gasteiger partial charge in [0.15, 0.2) is 0 Å². The van der Waals surface area contributed by atoms with Crippen LogP contribution in [-0.2, 0) is 6.54 Å². The second-order valence-corrected chi connectivity index (χ2v) is 5.10. The fourth-order valence-electron chi connectivity index (χ4n) is 2.58. The monoisotopic (exact) mass is 265 g/mol. The number of nitrogens with zero attached hydrogens (tertiary/aromatic N) is 3. The van der Waals surface area contributed by atoms with E-state index in [1.807, 2.05) is 6.92 Å². The number of hydrogen-bond acceptors (Lipinski definition) is 4. The average molecular weight is 265 g/mol. The number of nitrogens with two attached hydrogens (primary N) is 1. The van der Waals surface area contributed by atoms with Crippen molar-refractivity contribution in [2.24, 2.45) is 0 Å². The van der Waals surface area contributed by atoms with Crippen molar-refractivity contribution in [1.82, 2.24) is 20.0 Å². The van der Waals surface area contributed by atoms with Gasteiger partial charge >= 0.3 is 0 Å². The Morgan fingerprint density at radius 2 is 2.37 bits per heavy atom. The molecule has 0 bridgehead atoms. The van der Waals surface area contributed by atoms with Gasteiger partial charge in [0.2, 0.25) is 0 Å². The second-order valence-electron chi connectivity index (χ2n) is 5.10. The molecule has 6 heteroatoms. The van der Waals surface area contributed by atoms with Crippen LogP contribution in [0.25, 0.3) is 0 Å². The zero-order valence-electron chi connectivity index (χ0n) is 11.7. The van der Waals surface area contributed by atoms with E-state index in [1.165, 1.54) is 19.0 Å². The third-order valence-electron chi connectivity index (χ3n) is 3.80. The number of aryl methyl sites for hydroxylation is 1. The van der Waals surface area contributed by atoms with Gasteiger partial charge < -0.3 is 16.0 Å². The molecule has 1 aromatic rings. The topological polar surface area (TPSA) is 76.2 Å². The minimum atomic E-state index is -0.129. The first-order chi connectivity index (χ1) is 9.13. The number of aromatic nitrogens is 2. The lowest BCUT2D eigenvalue weighted by Crippen LogP contribution is -2.44. The highest BCUT2D eigenvalue weighted by molar-refractivity contribution is 5.97. The Hall–Kier alpha value is -1.56. The van der Waals surface area contributed by atoms with Gasteiger partial charge in [-0.15, -0.1) is 0 Å². The molecule has 0 radical (unpaired) electrons. The van der Waals surface area contributed by atoms with Crippen LogP contribution in [0.15, 0.2) is 6.20 Å². The largest absolute Gasteiger partial charge is 0.396 e. The summed E-state index contributed by atoms with van der Waals surface area (Å²) in [6.07, 6.45) is 5.15. The Kier molecular flexibility index (Phi) is 4.42. The van der Waals surface area contributed by atoms with Crippen molar-refractivity contribution in [3.63, 3.8) is 0 Å². The highest BCUT2D eigenvalue weighted by atomic mass is 16.2. The zero-order chi connectivity index (χ0) is 13.8. The Balaban J connectivity index is 1.95. The van der Waals surface area contributed by atoms with Crippen LogP contribution in [0.1, 0.15) is 36.7 Å². The smallest absolute Gasteiger partial charge is 0.271 e. The summed E-state index contributed by atoms with van der Waals surface area (Å²) < 4.78 is 1.63. The van der Waals surface area contributed by atoms with Crippen LogP contribution < -0.4 is 11.1 Å². The first-order valence-electron chi connectivity index (χ1n) is 6.93. The van der Waals surface area contributed by atoms with E-state index >= 15 is 0 Å². The van der Waals surface area contributed by atoms with Gasteiger partial charge in [0.1, 0.15) is 5.69 Å². The number of nitrogen functional groups attached to an aromatic ring is 1. The van der Waals surface area contributed by atoms with E-state index in [9.17, 15) is 4.79 Å². The summed E-state index contributed by atoms with van der Waals surface area (Å²) in [6.45, 7) is 4.36. The molecule has 2 heterocycles. The number of carbonyl (C=O) groups excluding carboxylic acids is 1. The van der Waals surface area contributed by atoms with Crippen molar-refractivity contribution in [3.05, 3.63) is 11.9 Å². The number of anilines is 1. The SMILES string of the molecule is CCn1ncc(N)c1C(=O)NCC1CCCCN1C. The Morgan fingerprint density at radius 1 is 1.58 bits per heavy atom. The number of nitrogens with one attached hydrogen (secondary N) is 1. The van der Waals surface area contributed by atoms with Crippen molar-refractivity contribution in [2.45, 2.75) is 38.8 Å². The predicted molar refractivity (Wildman–Crippen MR) is 74.9 cm³/mol. The lowest BCUT2D eigenvalue weighted by Gasteiger charge is -2.32. The van der Waals surface area contributed by atoms with Gasteiger partial charge in [-0.25, -0.2) is 0 Å². The number of piperidine rings is 1. The second kappa shape index (κ2) is 6.06. The van der Waals surface area contributed by atoms with Crippen molar-refractivity contribution >= 4 is 11.6 Å². The molecule has 0 aliphatic carbocycles. The van der Waals surface area contributed by atoms with Crippen molar-refractivity contribution in [2.75, 3.05) is 25.9 Å². The normalized spacial score (nSPS) is 20.4. The van der Waals surface area contributed by atoms with Gasteiger partial charge in [-0.3, -0.25) is 9.48 Å². The van der Waals surface area contributed by atoms with Gasteiger partial charge in [0, 0.05) is 19.1 Å². The van der Waals surface area contributed by atoms with E-state index in [0.717, 1.165) is 13.0 Å². The summed E-state index contributed by atoms with van der Waals surface area (Å²) in [5.41, 5.74) is 6.71. The maximum absolute atomic E-state index is 12.2. The van der Waals surface area contributed by atoms with Crippen LogP contribution in [0.2, 0.25) is 0 Å². The number of likely N-dealkylation sites (tertiary alicyclic amines) is 1. The lowest BCUT2D eigenvalue weighted by molar-refractivity contribution is 0.0919. The van der Waals surface area contributed by atoms with E-state index in [-0.39, 0.29) is 5.91 Å². The van der Waals surface area contributed by atoms with Gasteiger partial charge in [-0.1, -0.05) is 6.42 Å².